The molecule has 0 aliphatic carbocycles. The minimum Gasteiger partial charge on any atom is -0.496 e. The topological polar surface area (TPSA) is 33.0 Å². The van der Waals surface area contributed by atoms with Gasteiger partial charge < -0.3 is 4.74 Å². The zero-order valence-electron chi connectivity index (χ0n) is 21.1. The minimum atomic E-state index is 0.216. The lowest BCUT2D eigenvalue weighted by atomic mass is 9.75. The van der Waals surface area contributed by atoms with E-state index in [0.717, 1.165) is 24.2 Å². The number of nitriles is 1. The maximum Gasteiger partial charge on any atom is 0.125 e. The van der Waals surface area contributed by atoms with E-state index >= 15 is 0 Å². The number of hydrogen-bond donors (Lipinski definition) is 0. The fourth-order valence-corrected chi connectivity index (χ4v) is 3.98. The Hall–Kier alpha value is -2.27. The molecule has 0 unspecified atom stereocenters. The van der Waals surface area contributed by atoms with Gasteiger partial charge >= 0.3 is 0 Å². The van der Waals surface area contributed by atoms with Crippen molar-refractivity contribution < 1.29 is 4.74 Å². The maximum atomic E-state index is 8.64. The predicted octanol–water partition coefficient (Wildman–Crippen LogP) is 7.86. The molecule has 0 amide bonds. The second-order valence-corrected chi connectivity index (χ2v) is 9.57. The Morgan fingerprint density at radius 2 is 1.20 bits per heavy atom. The molecule has 0 bridgehead atoms. The first kappa shape index (κ1) is 25.8. The highest BCUT2D eigenvalue weighted by molar-refractivity contribution is 5.56. The second-order valence-electron chi connectivity index (χ2n) is 9.57. The Balaban J connectivity index is 0.000000311. The fraction of sp³-hybridized carbons (Fsp3) is 0.536. The van der Waals surface area contributed by atoms with Crippen molar-refractivity contribution in [3.63, 3.8) is 0 Å². The number of hydrogen-bond acceptors (Lipinski definition) is 2. The van der Waals surface area contributed by atoms with Gasteiger partial charge in [0.25, 0.3) is 0 Å². The van der Waals surface area contributed by atoms with Crippen LogP contribution in [0.1, 0.15) is 93.3 Å². The third-order valence-corrected chi connectivity index (χ3v) is 7.00. The number of nitrogens with zero attached hydrogens (tertiary/aromatic N) is 1. The van der Waals surface area contributed by atoms with Crippen LogP contribution in [0.3, 0.4) is 0 Å². The molecule has 0 fully saturated rings. The Kier molecular flexibility index (Phi) is 8.73. The quantitative estimate of drug-likeness (QED) is 0.505. The summed E-state index contributed by atoms with van der Waals surface area (Å²) in [5.74, 6) is 1.05. The predicted molar refractivity (Wildman–Crippen MR) is 130 cm³/mol. The molecule has 0 aliphatic rings. The van der Waals surface area contributed by atoms with Crippen molar-refractivity contribution in [1.29, 1.82) is 5.26 Å². The van der Waals surface area contributed by atoms with Crippen LogP contribution in [0.4, 0.5) is 0 Å². The van der Waals surface area contributed by atoms with Gasteiger partial charge in [-0.15, -0.1) is 0 Å². The van der Waals surface area contributed by atoms with E-state index in [1.807, 2.05) is 24.3 Å². The molecule has 164 valence electrons. The molecule has 2 aromatic carbocycles. The van der Waals surface area contributed by atoms with Gasteiger partial charge in [0.05, 0.1) is 18.7 Å². The highest BCUT2D eigenvalue weighted by Crippen LogP contribution is 2.39. The molecule has 0 aromatic heterocycles. The summed E-state index contributed by atoms with van der Waals surface area (Å²) in [6.07, 6.45) is 2.26. The first-order valence-electron chi connectivity index (χ1n) is 11.0. The van der Waals surface area contributed by atoms with E-state index in [9.17, 15) is 0 Å². The van der Waals surface area contributed by atoms with E-state index in [4.69, 9.17) is 10.00 Å². The van der Waals surface area contributed by atoms with Crippen LogP contribution in [0.25, 0.3) is 0 Å². The molecule has 2 rings (SSSR count). The highest BCUT2D eigenvalue weighted by Gasteiger charge is 2.26. The van der Waals surface area contributed by atoms with Crippen molar-refractivity contribution >= 4 is 0 Å². The van der Waals surface area contributed by atoms with Gasteiger partial charge in [-0.05, 0) is 96.9 Å². The molecule has 0 saturated heterocycles. The molecule has 30 heavy (non-hydrogen) atoms. The minimum absolute atomic E-state index is 0.216. The van der Waals surface area contributed by atoms with E-state index in [0.29, 0.717) is 0 Å². The Labute approximate surface area is 185 Å². The molecule has 2 heteroatoms. The molecule has 0 atom stereocenters. The van der Waals surface area contributed by atoms with Gasteiger partial charge in [-0.2, -0.15) is 5.26 Å². The molecule has 0 radical (unpaired) electrons. The summed E-state index contributed by atoms with van der Waals surface area (Å²) in [6.45, 7) is 22.3. The molecule has 0 aliphatic heterocycles. The second kappa shape index (κ2) is 10.2. The number of methoxy groups -OCH3 is 1. The van der Waals surface area contributed by atoms with Crippen LogP contribution in [0, 0.1) is 39.0 Å². The van der Waals surface area contributed by atoms with Crippen LogP contribution in [-0.2, 0) is 10.8 Å². The first-order valence-corrected chi connectivity index (χ1v) is 11.0. The van der Waals surface area contributed by atoms with Gasteiger partial charge in [0.2, 0.25) is 0 Å². The van der Waals surface area contributed by atoms with Crippen LogP contribution in [-0.4, -0.2) is 7.11 Å². The summed E-state index contributed by atoms with van der Waals surface area (Å²) in [5.41, 5.74) is 9.32. The van der Waals surface area contributed by atoms with Crippen molar-refractivity contribution in [2.75, 3.05) is 7.11 Å². The van der Waals surface area contributed by atoms with E-state index in [1.54, 1.807) is 7.11 Å². The average Bonchev–Trinajstić information content (AvgIpc) is 2.73. The first-order chi connectivity index (χ1) is 13.9. The lowest BCUT2D eigenvalue weighted by Crippen LogP contribution is -2.20. The van der Waals surface area contributed by atoms with Crippen LogP contribution in [0.15, 0.2) is 24.3 Å². The SMILES string of the molecule is CCC(C)(C)c1c(C)c(C)c(OC)c(C)c1C.CCC(C)(C)c1ccc(C#N)cc1. The third kappa shape index (κ3) is 5.45. The van der Waals surface area contributed by atoms with Crippen molar-refractivity contribution in [1.82, 2.24) is 0 Å². The lowest BCUT2D eigenvalue weighted by Gasteiger charge is -2.30. The molecule has 2 nitrogen and oxygen atoms in total. The number of rotatable bonds is 5. The summed E-state index contributed by atoms with van der Waals surface area (Å²) in [7, 11) is 1.76. The van der Waals surface area contributed by atoms with Crippen LogP contribution >= 0.6 is 0 Å². The molecular formula is C28H41NO. The molecule has 0 spiro atoms. The fourth-order valence-electron chi connectivity index (χ4n) is 3.98. The normalized spacial score (nSPS) is 11.4. The molecule has 0 heterocycles. The van der Waals surface area contributed by atoms with Crippen molar-refractivity contribution in [3.05, 3.63) is 63.2 Å². The van der Waals surface area contributed by atoms with Gasteiger partial charge in [0.1, 0.15) is 5.75 Å². The standard InChI is InChI=1S/C16H26O.C12H15N/c1-9-16(6,7)14-10(2)12(4)15(17-8)13(5)11(14)3;1-4-12(2,3)11-7-5-10(9-13)6-8-11/h9H2,1-8H3;5-8H,4H2,1-3H3. The van der Waals surface area contributed by atoms with Gasteiger partial charge in [0.15, 0.2) is 0 Å². The Bertz CT molecular complexity index is 867. The van der Waals surface area contributed by atoms with Gasteiger partial charge in [-0.25, -0.2) is 0 Å². The summed E-state index contributed by atoms with van der Waals surface area (Å²) in [6, 6.07) is 9.97. The zero-order valence-corrected chi connectivity index (χ0v) is 21.1. The Morgan fingerprint density at radius 3 is 1.53 bits per heavy atom. The Morgan fingerprint density at radius 1 is 0.767 bits per heavy atom. The zero-order chi connectivity index (χ0) is 23.3. The lowest BCUT2D eigenvalue weighted by molar-refractivity contribution is 0.406. The summed E-state index contributed by atoms with van der Waals surface area (Å²) in [5, 5.41) is 8.64. The van der Waals surface area contributed by atoms with E-state index in [1.165, 1.54) is 33.4 Å². The summed E-state index contributed by atoms with van der Waals surface area (Å²) < 4.78 is 5.54. The largest absolute Gasteiger partial charge is 0.496 e. The van der Waals surface area contributed by atoms with Crippen LogP contribution < -0.4 is 4.74 Å². The molecule has 0 N–H and O–H groups in total. The monoisotopic (exact) mass is 407 g/mol. The van der Waals surface area contributed by atoms with Crippen molar-refractivity contribution in [2.45, 2.75) is 92.9 Å². The molecule has 2 aromatic rings. The van der Waals surface area contributed by atoms with Gasteiger partial charge in [0, 0.05) is 0 Å². The maximum absolute atomic E-state index is 8.64. The van der Waals surface area contributed by atoms with Gasteiger partial charge in [-0.1, -0.05) is 53.7 Å². The van der Waals surface area contributed by atoms with Gasteiger partial charge in [-0.3, -0.25) is 0 Å². The third-order valence-electron chi connectivity index (χ3n) is 7.00. The van der Waals surface area contributed by atoms with E-state index in [2.05, 4.69) is 75.3 Å². The smallest absolute Gasteiger partial charge is 0.125 e. The number of benzene rings is 2. The van der Waals surface area contributed by atoms with Crippen LogP contribution in [0.5, 0.6) is 5.75 Å². The molecular weight excluding hydrogens is 366 g/mol. The molecule has 0 saturated carbocycles. The van der Waals surface area contributed by atoms with Crippen molar-refractivity contribution in [2.24, 2.45) is 0 Å². The number of ether oxygens (including phenoxy) is 1. The highest BCUT2D eigenvalue weighted by atomic mass is 16.5. The van der Waals surface area contributed by atoms with Crippen LogP contribution in [0.2, 0.25) is 0 Å². The average molecular weight is 408 g/mol. The van der Waals surface area contributed by atoms with E-state index in [-0.39, 0.29) is 10.8 Å². The van der Waals surface area contributed by atoms with E-state index < -0.39 is 0 Å². The van der Waals surface area contributed by atoms with Crippen molar-refractivity contribution in [3.8, 4) is 11.8 Å². The summed E-state index contributed by atoms with van der Waals surface area (Å²) >= 11 is 0. The summed E-state index contributed by atoms with van der Waals surface area (Å²) in [4.78, 5) is 0.